The fourth-order valence-electron chi connectivity index (χ4n) is 1.75. The van der Waals surface area contributed by atoms with Gasteiger partial charge in [0.15, 0.2) is 0 Å². The van der Waals surface area contributed by atoms with Crippen molar-refractivity contribution >= 4 is 34.1 Å². The van der Waals surface area contributed by atoms with Crippen molar-refractivity contribution in [3.05, 3.63) is 34.1 Å². The maximum atomic E-state index is 13.5. The Labute approximate surface area is 124 Å². The van der Waals surface area contributed by atoms with E-state index in [1.807, 2.05) is 0 Å². The standard InChI is InChI=1S/C13H13BrFN3O2/c1-3-13(2)11(19)18(12(20)17-13)16-7-8-6-9(14)4-5-10(8)15/h4-7H,3H2,1-2H3,(H,17,20). The Morgan fingerprint density at radius 3 is 2.80 bits per heavy atom. The van der Waals surface area contributed by atoms with Crippen LogP contribution in [0.2, 0.25) is 0 Å². The van der Waals surface area contributed by atoms with Crippen molar-refractivity contribution in [1.82, 2.24) is 10.3 Å². The Balaban J connectivity index is 2.26. The number of hydrogen-bond acceptors (Lipinski definition) is 3. The molecule has 2 rings (SSSR count). The first-order chi connectivity index (χ1) is 9.37. The smallest absolute Gasteiger partial charge is 0.322 e. The number of hydrazone groups is 1. The lowest BCUT2D eigenvalue weighted by Crippen LogP contribution is -2.42. The molecule has 1 unspecified atom stereocenters. The van der Waals surface area contributed by atoms with Gasteiger partial charge in [0.25, 0.3) is 5.91 Å². The fraction of sp³-hybridized carbons (Fsp3) is 0.308. The molecule has 20 heavy (non-hydrogen) atoms. The van der Waals surface area contributed by atoms with Crippen molar-refractivity contribution in [2.45, 2.75) is 25.8 Å². The maximum absolute atomic E-state index is 13.5. The van der Waals surface area contributed by atoms with Crippen LogP contribution in [0.4, 0.5) is 9.18 Å². The van der Waals surface area contributed by atoms with Crippen LogP contribution in [0.3, 0.4) is 0 Å². The summed E-state index contributed by atoms with van der Waals surface area (Å²) in [5, 5.41) is 7.08. The Kier molecular flexibility index (Phi) is 3.89. The SMILES string of the molecule is CCC1(C)NC(=O)N(N=Cc2cc(Br)ccc2F)C1=O. The molecule has 3 amide bonds. The first-order valence-corrected chi connectivity index (χ1v) is 6.82. The molecule has 1 aromatic rings. The van der Waals surface area contributed by atoms with E-state index in [4.69, 9.17) is 0 Å². The van der Waals surface area contributed by atoms with Gasteiger partial charge in [0, 0.05) is 10.0 Å². The Morgan fingerprint density at radius 1 is 1.50 bits per heavy atom. The molecular formula is C13H13BrFN3O2. The van der Waals surface area contributed by atoms with E-state index in [9.17, 15) is 14.0 Å². The summed E-state index contributed by atoms with van der Waals surface area (Å²) in [6.07, 6.45) is 1.60. The minimum atomic E-state index is -0.954. The molecule has 1 aliphatic heterocycles. The summed E-state index contributed by atoms with van der Waals surface area (Å²) in [5.74, 6) is -0.932. The zero-order valence-electron chi connectivity index (χ0n) is 11.0. The molecule has 1 N–H and O–H groups in total. The van der Waals surface area contributed by atoms with Gasteiger partial charge in [-0.05, 0) is 31.5 Å². The molecule has 0 aromatic heterocycles. The zero-order chi connectivity index (χ0) is 14.9. The van der Waals surface area contributed by atoms with Crippen LogP contribution in [0.1, 0.15) is 25.8 Å². The van der Waals surface area contributed by atoms with Gasteiger partial charge in [0.1, 0.15) is 11.4 Å². The molecule has 0 spiro atoms. The van der Waals surface area contributed by atoms with Gasteiger partial charge in [0.2, 0.25) is 0 Å². The zero-order valence-corrected chi connectivity index (χ0v) is 12.6. The number of urea groups is 1. The predicted molar refractivity (Wildman–Crippen MR) is 75.8 cm³/mol. The molecule has 5 nitrogen and oxygen atoms in total. The highest BCUT2D eigenvalue weighted by Gasteiger charge is 2.46. The number of halogens is 2. The van der Waals surface area contributed by atoms with Crippen LogP contribution in [-0.4, -0.2) is 28.7 Å². The number of nitrogens with one attached hydrogen (secondary N) is 1. The van der Waals surface area contributed by atoms with Crippen molar-refractivity contribution in [3.63, 3.8) is 0 Å². The lowest BCUT2D eigenvalue weighted by molar-refractivity contribution is -0.130. The number of amides is 3. The van der Waals surface area contributed by atoms with Gasteiger partial charge in [-0.15, -0.1) is 5.01 Å². The van der Waals surface area contributed by atoms with Gasteiger partial charge < -0.3 is 5.32 Å². The molecule has 1 saturated heterocycles. The third kappa shape index (κ3) is 2.58. The largest absolute Gasteiger partial charge is 0.346 e. The van der Waals surface area contributed by atoms with E-state index in [0.717, 1.165) is 11.2 Å². The number of hydrogen-bond donors (Lipinski definition) is 1. The summed E-state index contributed by atoms with van der Waals surface area (Å²) < 4.78 is 14.2. The van der Waals surface area contributed by atoms with Gasteiger partial charge >= 0.3 is 6.03 Å². The van der Waals surface area contributed by atoms with Crippen LogP contribution in [0.25, 0.3) is 0 Å². The Hall–Kier alpha value is -1.76. The second-order valence-electron chi connectivity index (χ2n) is 4.64. The summed E-state index contributed by atoms with van der Waals surface area (Å²) in [6.45, 7) is 3.42. The summed E-state index contributed by atoms with van der Waals surface area (Å²) in [7, 11) is 0. The highest BCUT2D eigenvalue weighted by atomic mass is 79.9. The molecule has 0 aliphatic carbocycles. The van der Waals surface area contributed by atoms with E-state index in [1.165, 1.54) is 12.1 Å². The van der Waals surface area contributed by atoms with Gasteiger partial charge in [-0.3, -0.25) is 4.79 Å². The van der Waals surface area contributed by atoms with Crippen LogP contribution in [0.5, 0.6) is 0 Å². The molecule has 7 heteroatoms. The average Bonchev–Trinajstić information content (AvgIpc) is 2.63. The van der Waals surface area contributed by atoms with Crippen LogP contribution in [-0.2, 0) is 4.79 Å². The number of carbonyl (C=O) groups is 2. The lowest BCUT2D eigenvalue weighted by Gasteiger charge is -2.17. The molecule has 106 valence electrons. The molecular weight excluding hydrogens is 329 g/mol. The number of carbonyl (C=O) groups excluding carboxylic acids is 2. The van der Waals surface area contributed by atoms with Crippen molar-refractivity contribution in [2.24, 2.45) is 5.10 Å². The van der Waals surface area contributed by atoms with Crippen molar-refractivity contribution in [3.8, 4) is 0 Å². The molecule has 0 bridgehead atoms. The second kappa shape index (κ2) is 5.32. The topological polar surface area (TPSA) is 61.8 Å². The lowest BCUT2D eigenvalue weighted by atomic mass is 10.00. The van der Waals surface area contributed by atoms with Crippen molar-refractivity contribution < 1.29 is 14.0 Å². The van der Waals surface area contributed by atoms with Gasteiger partial charge in [-0.2, -0.15) is 5.10 Å². The normalized spacial score (nSPS) is 22.7. The van der Waals surface area contributed by atoms with Crippen molar-refractivity contribution in [1.29, 1.82) is 0 Å². The quantitative estimate of drug-likeness (QED) is 0.678. The minimum absolute atomic E-state index is 0.185. The Bertz CT molecular complexity index is 605. The fourth-order valence-corrected chi connectivity index (χ4v) is 2.13. The Morgan fingerprint density at radius 2 is 2.20 bits per heavy atom. The summed E-state index contributed by atoms with van der Waals surface area (Å²) >= 11 is 3.21. The van der Waals surface area contributed by atoms with E-state index in [1.54, 1.807) is 19.9 Å². The van der Waals surface area contributed by atoms with E-state index < -0.39 is 23.3 Å². The molecule has 1 fully saturated rings. The van der Waals surface area contributed by atoms with E-state index in [0.29, 0.717) is 10.9 Å². The van der Waals surface area contributed by atoms with E-state index in [2.05, 4.69) is 26.3 Å². The maximum Gasteiger partial charge on any atom is 0.346 e. The first-order valence-electron chi connectivity index (χ1n) is 6.03. The first kappa shape index (κ1) is 14.6. The third-order valence-corrected chi connectivity index (χ3v) is 3.71. The predicted octanol–water partition coefficient (Wildman–Crippen LogP) is 2.64. The minimum Gasteiger partial charge on any atom is -0.322 e. The molecule has 1 aliphatic rings. The van der Waals surface area contributed by atoms with Crippen LogP contribution in [0, 0.1) is 5.82 Å². The number of rotatable bonds is 3. The van der Waals surface area contributed by atoms with Gasteiger partial charge in [-0.25, -0.2) is 9.18 Å². The summed E-state index contributed by atoms with van der Waals surface area (Å²) in [4.78, 5) is 23.8. The molecule has 1 aromatic carbocycles. The van der Waals surface area contributed by atoms with Crippen LogP contribution in [0.15, 0.2) is 27.8 Å². The van der Waals surface area contributed by atoms with E-state index >= 15 is 0 Å². The number of imide groups is 1. The van der Waals surface area contributed by atoms with Crippen molar-refractivity contribution in [2.75, 3.05) is 0 Å². The summed E-state index contributed by atoms with van der Waals surface area (Å²) in [5.41, 5.74) is -0.769. The average molecular weight is 342 g/mol. The molecule has 0 radical (unpaired) electrons. The van der Waals surface area contributed by atoms with Crippen LogP contribution >= 0.6 is 15.9 Å². The number of nitrogens with zero attached hydrogens (tertiary/aromatic N) is 2. The number of benzene rings is 1. The highest BCUT2D eigenvalue weighted by molar-refractivity contribution is 9.10. The van der Waals surface area contributed by atoms with E-state index in [-0.39, 0.29) is 5.56 Å². The molecule has 0 saturated carbocycles. The second-order valence-corrected chi connectivity index (χ2v) is 5.56. The molecule has 1 atom stereocenters. The van der Waals surface area contributed by atoms with Gasteiger partial charge in [0.05, 0.1) is 6.21 Å². The van der Waals surface area contributed by atoms with Crippen LogP contribution < -0.4 is 5.32 Å². The third-order valence-electron chi connectivity index (χ3n) is 3.22. The highest BCUT2D eigenvalue weighted by Crippen LogP contribution is 2.21. The monoisotopic (exact) mass is 341 g/mol. The molecule has 1 heterocycles. The summed E-state index contributed by atoms with van der Waals surface area (Å²) in [6, 6.07) is 3.73. The van der Waals surface area contributed by atoms with Gasteiger partial charge in [-0.1, -0.05) is 22.9 Å².